The topological polar surface area (TPSA) is 0 Å². The molecule has 0 aromatic heterocycles. The first-order valence-electron chi connectivity index (χ1n) is 3.92. The van der Waals surface area contributed by atoms with Gasteiger partial charge < -0.3 is 0 Å². The van der Waals surface area contributed by atoms with Crippen molar-refractivity contribution in [2.45, 2.75) is 4.90 Å². The third-order valence-electron chi connectivity index (χ3n) is 1.42. The number of thioether (sulfide) groups is 1. The monoisotopic (exact) mass is 216 g/mol. The predicted molar refractivity (Wildman–Crippen MR) is 57.0 cm³/mol. The average molecular weight is 217 g/mol. The van der Waals surface area contributed by atoms with Gasteiger partial charge in [-0.2, -0.15) is 0 Å². The van der Waals surface area contributed by atoms with E-state index >= 15 is 0 Å². The first kappa shape index (κ1) is 10.6. The van der Waals surface area contributed by atoms with Crippen molar-refractivity contribution in [1.82, 2.24) is 0 Å². The summed E-state index contributed by atoms with van der Waals surface area (Å²) in [5.41, 5.74) is 0. The Kier molecular flexibility index (Phi) is 4.94. The Labute approximate surface area is 86.8 Å². The summed E-state index contributed by atoms with van der Waals surface area (Å²) in [5.74, 6) is 1.23. The lowest BCUT2D eigenvalue weighted by atomic mass is 10.4. The van der Waals surface area contributed by atoms with Crippen LogP contribution < -0.4 is 0 Å². The van der Waals surface area contributed by atoms with Crippen LogP contribution in [0.25, 0.3) is 0 Å². The van der Waals surface area contributed by atoms with Crippen molar-refractivity contribution in [2.24, 2.45) is 0 Å². The van der Waals surface area contributed by atoms with Crippen LogP contribution in [0.5, 0.6) is 0 Å². The second-order valence-corrected chi connectivity index (χ2v) is 3.79. The molecule has 0 atom stereocenters. The van der Waals surface area contributed by atoms with Crippen LogP contribution >= 0.6 is 23.4 Å². The molecule has 0 amide bonds. The van der Waals surface area contributed by atoms with Gasteiger partial charge in [0.1, 0.15) is 5.82 Å². The van der Waals surface area contributed by atoms with Gasteiger partial charge in [-0.1, -0.05) is 12.2 Å². The van der Waals surface area contributed by atoms with Crippen LogP contribution in [0.1, 0.15) is 0 Å². The smallest absolute Gasteiger partial charge is 0.123 e. The fourth-order valence-electron chi connectivity index (χ4n) is 0.806. The highest BCUT2D eigenvalue weighted by molar-refractivity contribution is 7.99. The van der Waals surface area contributed by atoms with E-state index in [1.807, 2.05) is 12.2 Å². The summed E-state index contributed by atoms with van der Waals surface area (Å²) in [6, 6.07) is 6.48. The third-order valence-corrected chi connectivity index (χ3v) is 2.56. The molecule has 3 heteroatoms. The molecule has 0 aliphatic carbocycles. The summed E-state index contributed by atoms with van der Waals surface area (Å²) in [4.78, 5) is 1.07. The van der Waals surface area contributed by atoms with Crippen LogP contribution in [0.3, 0.4) is 0 Å². The number of hydrogen-bond acceptors (Lipinski definition) is 1. The minimum Gasteiger partial charge on any atom is -0.207 e. The summed E-state index contributed by atoms with van der Waals surface area (Å²) in [6.45, 7) is 0. The minimum atomic E-state index is -0.194. The summed E-state index contributed by atoms with van der Waals surface area (Å²) in [6.07, 6.45) is 3.90. The van der Waals surface area contributed by atoms with E-state index in [0.717, 1.165) is 10.6 Å². The Bertz CT molecular complexity index is 269. The first-order chi connectivity index (χ1) is 6.33. The molecule has 0 bridgehead atoms. The molecule has 1 rings (SSSR count). The van der Waals surface area contributed by atoms with Gasteiger partial charge in [-0.05, 0) is 24.3 Å². The number of allylic oxidation sites excluding steroid dienone is 1. The first-order valence-corrected chi connectivity index (χ1v) is 5.44. The van der Waals surface area contributed by atoms with Crippen LogP contribution in [-0.2, 0) is 0 Å². The highest BCUT2D eigenvalue weighted by Crippen LogP contribution is 2.17. The van der Waals surface area contributed by atoms with E-state index in [1.165, 1.54) is 12.1 Å². The van der Waals surface area contributed by atoms with Gasteiger partial charge in [0.15, 0.2) is 0 Å². The highest BCUT2D eigenvalue weighted by Gasteiger charge is 1.91. The van der Waals surface area contributed by atoms with Crippen LogP contribution in [0.2, 0.25) is 0 Å². The molecule has 0 radical (unpaired) electrons. The molecule has 0 saturated heterocycles. The summed E-state index contributed by atoms with van der Waals surface area (Å²) in [7, 11) is 0. The number of alkyl halides is 1. The van der Waals surface area contributed by atoms with Crippen molar-refractivity contribution < 1.29 is 4.39 Å². The number of benzene rings is 1. The van der Waals surface area contributed by atoms with Crippen LogP contribution in [0.15, 0.2) is 41.3 Å². The zero-order chi connectivity index (χ0) is 9.52. The molecule has 0 saturated carbocycles. The van der Waals surface area contributed by atoms with E-state index < -0.39 is 0 Å². The molecule has 0 unspecified atom stereocenters. The summed E-state index contributed by atoms with van der Waals surface area (Å²) in [5, 5.41) is 0. The summed E-state index contributed by atoms with van der Waals surface area (Å²) < 4.78 is 12.5. The molecule has 0 heterocycles. The van der Waals surface area contributed by atoms with Crippen molar-refractivity contribution in [3.63, 3.8) is 0 Å². The van der Waals surface area contributed by atoms with Gasteiger partial charge in [0.2, 0.25) is 0 Å². The molecule has 0 N–H and O–H groups in total. The second-order valence-electron chi connectivity index (χ2n) is 2.39. The van der Waals surface area contributed by atoms with E-state index in [2.05, 4.69) is 0 Å². The molecule has 0 nitrogen and oxygen atoms in total. The standard InChI is InChI=1S/C10H10ClFS/c11-7-1-2-8-13-10-5-3-9(12)4-6-10/h1-6H,7-8H2. The van der Waals surface area contributed by atoms with E-state index in [4.69, 9.17) is 11.6 Å². The van der Waals surface area contributed by atoms with Crippen molar-refractivity contribution in [3.8, 4) is 0 Å². The van der Waals surface area contributed by atoms with Gasteiger partial charge in [-0.25, -0.2) is 4.39 Å². The number of halogens is 2. The molecule has 1 aromatic rings. The van der Waals surface area contributed by atoms with Gasteiger partial charge in [-0.15, -0.1) is 23.4 Å². The van der Waals surface area contributed by atoms with Gasteiger partial charge in [0.05, 0.1) is 0 Å². The largest absolute Gasteiger partial charge is 0.207 e. The van der Waals surface area contributed by atoms with Gasteiger partial charge >= 0.3 is 0 Å². The van der Waals surface area contributed by atoms with Crippen molar-refractivity contribution in [3.05, 3.63) is 42.2 Å². The quantitative estimate of drug-likeness (QED) is 0.420. The van der Waals surface area contributed by atoms with E-state index in [0.29, 0.717) is 5.88 Å². The zero-order valence-electron chi connectivity index (χ0n) is 7.04. The average Bonchev–Trinajstić information content (AvgIpc) is 2.15. The molecule has 13 heavy (non-hydrogen) atoms. The second kappa shape index (κ2) is 6.06. The van der Waals surface area contributed by atoms with Gasteiger partial charge in [0.25, 0.3) is 0 Å². The molecular weight excluding hydrogens is 207 g/mol. The zero-order valence-corrected chi connectivity index (χ0v) is 8.61. The van der Waals surface area contributed by atoms with Gasteiger partial charge in [0, 0.05) is 16.5 Å². The maximum absolute atomic E-state index is 12.5. The third kappa shape index (κ3) is 4.34. The Morgan fingerprint density at radius 2 is 1.92 bits per heavy atom. The number of rotatable bonds is 4. The predicted octanol–water partition coefficient (Wildman–Crippen LogP) is 3.71. The van der Waals surface area contributed by atoms with Crippen molar-refractivity contribution in [2.75, 3.05) is 11.6 Å². The van der Waals surface area contributed by atoms with E-state index in [1.54, 1.807) is 23.9 Å². The maximum Gasteiger partial charge on any atom is 0.123 e. The fourth-order valence-corrected chi connectivity index (χ4v) is 1.69. The van der Waals surface area contributed by atoms with Crippen LogP contribution in [-0.4, -0.2) is 11.6 Å². The lowest BCUT2D eigenvalue weighted by molar-refractivity contribution is 0.626. The molecule has 1 aromatic carbocycles. The van der Waals surface area contributed by atoms with E-state index in [9.17, 15) is 4.39 Å². The van der Waals surface area contributed by atoms with E-state index in [-0.39, 0.29) is 5.82 Å². The normalized spacial score (nSPS) is 10.9. The van der Waals surface area contributed by atoms with Crippen molar-refractivity contribution in [1.29, 1.82) is 0 Å². The Hall–Kier alpha value is -0.470. The van der Waals surface area contributed by atoms with Crippen LogP contribution in [0.4, 0.5) is 4.39 Å². The van der Waals surface area contributed by atoms with Crippen molar-refractivity contribution >= 4 is 23.4 Å². The lowest BCUT2D eigenvalue weighted by Crippen LogP contribution is -1.76. The SMILES string of the molecule is Fc1ccc(SCC=CCCl)cc1. The highest BCUT2D eigenvalue weighted by atomic mass is 35.5. The Balaban J connectivity index is 2.37. The molecule has 0 aliphatic rings. The molecule has 70 valence electrons. The maximum atomic E-state index is 12.5. The summed E-state index contributed by atoms with van der Waals surface area (Å²) >= 11 is 7.12. The molecule has 0 fully saturated rings. The lowest BCUT2D eigenvalue weighted by Gasteiger charge is -1.96. The molecular formula is C10H10ClFS. The molecule has 0 aliphatic heterocycles. The van der Waals surface area contributed by atoms with Gasteiger partial charge in [-0.3, -0.25) is 0 Å². The molecule has 0 spiro atoms. The fraction of sp³-hybridized carbons (Fsp3) is 0.200. The number of hydrogen-bond donors (Lipinski definition) is 0. The van der Waals surface area contributed by atoms with Crippen LogP contribution in [0, 0.1) is 5.82 Å². The minimum absolute atomic E-state index is 0.194. The Morgan fingerprint density at radius 3 is 2.54 bits per heavy atom. The Morgan fingerprint density at radius 1 is 1.23 bits per heavy atom.